The van der Waals surface area contributed by atoms with E-state index in [1.807, 2.05) is 0 Å². The Balaban J connectivity index is 2.95. The molecular formula is C15H25NO6. The first kappa shape index (κ1) is 18.3. The molecule has 0 aliphatic carbocycles. The molecule has 1 aliphatic heterocycles. The lowest BCUT2D eigenvalue weighted by Crippen LogP contribution is -2.54. The maximum atomic E-state index is 12.3. The standard InChI is InChI=1S/C15H25NO6/c1-15(2,3)22-14(19)16-8-6-7-10(9-11(17)20-4)12(16)13(18)21-5/h10,12H,6-9H2,1-5H3/t10-,12+/m1/s1. The zero-order valence-electron chi connectivity index (χ0n) is 13.9. The molecule has 7 nitrogen and oxygen atoms in total. The normalized spacial score (nSPS) is 22.0. The molecule has 0 aromatic carbocycles. The third-order valence-corrected chi connectivity index (χ3v) is 3.48. The van der Waals surface area contributed by atoms with Gasteiger partial charge in [0.05, 0.1) is 20.6 Å². The van der Waals surface area contributed by atoms with Crippen molar-refractivity contribution in [1.82, 2.24) is 4.90 Å². The summed E-state index contributed by atoms with van der Waals surface area (Å²) in [6, 6.07) is -0.826. The molecule has 1 heterocycles. The zero-order chi connectivity index (χ0) is 16.9. The molecular weight excluding hydrogens is 290 g/mol. The number of rotatable bonds is 3. The summed E-state index contributed by atoms with van der Waals surface area (Å²) < 4.78 is 14.8. The molecule has 0 bridgehead atoms. The van der Waals surface area contributed by atoms with Gasteiger partial charge < -0.3 is 14.2 Å². The van der Waals surface area contributed by atoms with Gasteiger partial charge >= 0.3 is 18.0 Å². The average Bonchev–Trinajstić information content (AvgIpc) is 2.44. The van der Waals surface area contributed by atoms with Crippen molar-refractivity contribution in [2.45, 2.75) is 51.7 Å². The fourth-order valence-corrected chi connectivity index (χ4v) is 2.55. The molecule has 0 unspecified atom stereocenters. The van der Waals surface area contributed by atoms with Gasteiger partial charge in [-0.3, -0.25) is 9.69 Å². The minimum absolute atomic E-state index is 0.0650. The van der Waals surface area contributed by atoms with Gasteiger partial charge in [0.15, 0.2) is 0 Å². The van der Waals surface area contributed by atoms with Crippen LogP contribution in [0.2, 0.25) is 0 Å². The number of piperidine rings is 1. The summed E-state index contributed by atoms with van der Waals surface area (Å²) >= 11 is 0. The number of carbonyl (C=O) groups excluding carboxylic acids is 3. The van der Waals surface area contributed by atoms with Crippen LogP contribution in [0.5, 0.6) is 0 Å². The van der Waals surface area contributed by atoms with Gasteiger partial charge in [-0.05, 0) is 33.6 Å². The van der Waals surface area contributed by atoms with E-state index in [0.717, 1.165) is 0 Å². The average molecular weight is 315 g/mol. The minimum Gasteiger partial charge on any atom is -0.469 e. The molecule has 1 fully saturated rings. The second kappa shape index (κ2) is 7.47. The summed E-state index contributed by atoms with van der Waals surface area (Å²) in [5.41, 5.74) is -0.660. The highest BCUT2D eigenvalue weighted by Gasteiger charge is 2.42. The van der Waals surface area contributed by atoms with Gasteiger partial charge in [0.1, 0.15) is 11.6 Å². The highest BCUT2D eigenvalue weighted by Crippen LogP contribution is 2.29. The quantitative estimate of drug-likeness (QED) is 0.583. The van der Waals surface area contributed by atoms with Gasteiger partial charge in [-0.2, -0.15) is 0 Å². The van der Waals surface area contributed by atoms with Gasteiger partial charge in [-0.1, -0.05) is 0 Å². The number of carbonyl (C=O) groups is 3. The predicted molar refractivity (Wildman–Crippen MR) is 78.1 cm³/mol. The van der Waals surface area contributed by atoms with E-state index in [9.17, 15) is 14.4 Å². The van der Waals surface area contributed by atoms with Crippen molar-refractivity contribution in [3.05, 3.63) is 0 Å². The molecule has 22 heavy (non-hydrogen) atoms. The van der Waals surface area contributed by atoms with Crippen molar-refractivity contribution in [1.29, 1.82) is 0 Å². The number of methoxy groups -OCH3 is 2. The summed E-state index contributed by atoms with van der Waals surface area (Å²) in [6.45, 7) is 5.67. The van der Waals surface area contributed by atoms with Gasteiger partial charge in [0, 0.05) is 12.5 Å². The lowest BCUT2D eigenvalue weighted by atomic mass is 9.86. The van der Waals surface area contributed by atoms with Crippen LogP contribution in [0.1, 0.15) is 40.0 Å². The van der Waals surface area contributed by atoms with Crippen LogP contribution in [-0.2, 0) is 23.8 Å². The summed E-state index contributed by atoms with van der Waals surface area (Å²) in [7, 11) is 2.56. The second-order valence-electron chi connectivity index (χ2n) is 6.32. The summed E-state index contributed by atoms with van der Waals surface area (Å²) in [4.78, 5) is 37.3. The van der Waals surface area contributed by atoms with Gasteiger partial charge in [-0.25, -0.2) is 9.59 Å². The molecule has 0 radical (unpaired) electrons. The van der Waals surface area contributed by atoms with E-state index in [4.69, 9.17) is 9.47 Å². The fraction of sp³-hybridized carbons (Fsp3) is 0.800. The number of esters is 2. The number of hydrogen-bond acceptors (Lipinski definition) is 6. The van der Waals surface area contributed by atoms with Crippen LogP contribution < -0.4 is 0 Å². The van der Waals surface area contributed by atoms with E-state index in [2.05, 4.69) is 4.74 Å². The van der Waals surface area contributed by atoms with E-state index in [1.54, 1.807) is 20.8 Å². The second-order valence-corrected chi connectivity index (χ2v) is 6.32. The van der Waals surface area contributed by atoms with E-state index >= 15 is 0 Å². The van der Waals surface area contributed by atoms with Crippen LogP contribution in [0.15, 0.2) is 0 Å². The number of amides is 1. The molecule has 1 rings (SSSR count). The highest BCUT2D eigenvalue weighted by atomic mass is 16.6. The van der Waals surface area contributed by atoms with Crippen molar-refractivity contribution in [3.63, 3.8) is 0 Å². The fourth-order valence-electron chi connectivity index (χ4n) is 2.55. The Morgan fingerprint density at radius 3 is 2.27 bits per heavy atom. The van der Waals surface area contributed by atoms with Crippen LogP contribution in [-0.4, -0.2) is 55.3 Å². The van der Waals surface area contributed by atoms with E-state index < -0.39 is 29.7 Å². The first-order chi connectivity index (χ1) is 10.2. The smallest absolute Gasteiger partial charge is 0.411 e. The topological polar surface area (TPSA) is 82.1 Å². The molecule has 2 atom stereocenters. The van der Waals surface area contributed by atoms with Crippen molar-refractivity contribution < 1.29 is 28.6 Å². The first-order valence-electron chi connectivity index (χ1n) is 7.34. The van der Waals surface area contributed by atoms with E-state index in [1.165, 1.54) is 19.1 Å². The first-order valence-corrected chi connectivity index (χ1v) is 7.34. The van der Waals surface area contributed by atoms with Crippen LogP contribution in [0.3, 0.4) is 0 Å². The molecule has 1 amide bonds. The Labute approximate surface area is 130 Å². The van der Waals surface area contributed by atoms with Crippen molar-refractivity contribution in [2.75, 3.05) is 20.8 Å². The van der Waals surface area contributed by atoms with Crippen molar-refractivity contribution >= 4 is 18.0 Å². The number of likely N-dealkylation sites (tertiary alicyclic amines) is 1. The lowest BCUT2D eigenvalue weighted by molar-refractivity contribution is -0.152. The molecule has 7 heteroatoms. The Hall–Kier alpha value is -1.79. The third kappa shape index (κ3) is 4.89. The number of ether oxygens (including phenoxy) is 3. The largest absolute Gasteiger partial charge is 0.469 e. The molecule has 1 aliphatic rings. The van der Waals surface area contributed by atoms with E-state index in [0.29, 0.717) is 19.4 Å². The molecule has 126 valence electrons. The summed E-state index contributed by atoms with van der Waals surface area (Å²) in [5, 5.41) is 0. The van der Waals surface area contributed by atoms with Crippen LogP contribution in [0.25, 0.3) is 0 Å². The number of nitrogens with zero attached hydrogens (tertiary/aromatic N) is 1. The molecule has 1 saturated heterocycles. The van der Waals surface area contributed by atoms with Gasteiger partial charge in [-0.15, -0.1) is 0 Å². The maximum absolute atomic E-state index is 12.3. The zero-order valence-corrected chi connectivity index (χ0v) is 13.9. The van der Waals surface area contributed by atoms with Crippen molar-refractivity contribution in [3.8, 4) is 0 Å². The SMILES string of the molecule is COC(=O)C[C@H]1CCCN(C(=O)OC(C)(C)C)[C@@H]1C(=O)OC. The molecule has 0 saturated carbocycles. The summed E-state index contributed by atoms with van der Waals surface area (Å²) in [6.07, 6.45) is 0.829. The van der Waals surface area contributed by atoms with Gasteiger partial charge in [0.2, 0.25) is 0 Å². The predicted octanol–water partition coefficient (Wildman–Crippen LogP) is 1.74. The monoisotopic (exact) mass is 315 g/mol. The summed E-state index contributed by atoms with van der Waals surface area (Å²) in [5.74, 6) is -1.29. The molecule has 0 aromatic rings. The molecule has 0 spiro atoms. The molecule has 0 N–H and O–H groups in total. The van der Waals surface area contributed by atoms with Crippen LogP contribution in [0, 0.1) is 5.92 Å². The van der Waals surface area contributed by atoms with Crippen LogP contribution >= 0.6 is 0 Å². The number of hydrogen-bond donors (Lipinski definition) is 0. The Morgan fingerprint density at radius 2 is 1.77 bits per heavy atom. The highest BCUT2D eigenvalue weighted by molar-refractivity contribution is 5.83. The Kier molecular flexibility index (Phi) is 6.20. The minimum atomic E-state index is -0.826. The van der Waals surface area contributed by atoms with E-state index in [-0.39, 0.29) is 12.3 Å². The third-order valence-electron chi connectivity index (χ3n) is 3.48. The molecule has 0 aromatic heterocycles. The Bertz CT molecular complexity index is 428. The lowest BCUT2D eigenvalue weighted by Gasteiger charge is -2.39. The maximum Gasteiger partial charge on any atom is 0.411 e. The Morgan fingerprint density at radius 1 is 1.14 bits per heavy atom. The van der Waals surface area contributed by atoms with Crippen LogP contribution in [0.4, 0.5) is 4.79 Å². The van der Waals surface area contributed by atoms with Crippen molar-refractivity contribution in [2.24, 2.45) is 5.92 Å². The van der Waals surface area contributed by atoms with Gasteiger partial charge in [0.25, 0.3) is 0 Å².